The van der Waals surface area contributed by atoms with Crippen LogP contribution in [0.5, 0.6) is 0 Å². The van der Waals surface area contributed by atoms with E-state index in [1.54, 1.807) is 6.07 Å². The maximum absolute atomic E-state index is 11.3. The van der Waals surface area contributed by atoms with Crippen molar-refractivity contribution < 1.29 is 13.5 Å². The number of nitrogen functional groups attached to an aromatic ring is 1. The molecule has 102 valence electrons. The van der Waals surface area contributed by atoms with E-state index in [1.165, 1.54) is 12.1 Å². The van der Waals surface area contributed by atoms with E-state index in [0.717, 1.165) is 0 Å². The Morgan fingerprint density at radius 3 is 2.39 bits per heavy atom. The lowest BCUT2D eigenvalue weighted by Crippen LogP contribution is -2.29. The summed E-state index contributed by atoms with van der Waals surface area (Å²) >= 11 is 0. The molecule has 1 rings (SSSR count). The maximum Gasteiger partial charge on any atom is 0.238 e. The Kier molecular flexibility index (Phi) is 4.55. The van der Waals surface area contributed by atoms with Gasteiger partial charge in [-0.1, -0.05) is 13.8 Å². The van der Waals surface area contributed by atoms with Gasteiger partial charge in [0.05, 0.1) is 17.5 Å². The normalized spacial score (nSPS) is 13.6. The third kappa shape index (κ3) is 3.86. The number of anilines is 2. The largest absolute Gasteiger partial charge is 0.399 e. The summed E-state index contributed by atoms with van der Waals surface area (Å²) in [4.78, 5) is -0.0505. The van der Waals surface area contributed by atoms with Gasteiger partial charge in [0, 0.05) is 11.4 Å². The molecule has 6 N–H and O–H groups in total. The van der Waals surface area contributed by atoms with Crippen LogP contribution in [0.25, 0.3) is 0 Å². The van der Waals surface area contributed by atoms with E-state index >= 15 is 0 Å². The highest BCUT2D eigenvalue weighted by molar-refractivity contribution is 7.89. The molecule has 0 saturated heterocycles. The summed E-state index contributed by atoms with van der Waals surface area (Å²) in [5.74, 6) is 0.189. The fraction of sp³-hybridized carbons (Fsp3) is 0.455. The Morgan fingerprint density at radius 2 is 1.94 bits per heavy atom. The molecule has 0 aliphatic rings. The zero-order valence-corrected chi connectivity index (χ0v) is 11.2. The quantitative estimate of drug-likeness (QED) is 0.577. The molecule has 0 fully saturated rings. The van der Waals surface area contributed by atoms with Gasteiger partial charge < -0.3 is 16.2 Å². The van der Waals surface area contributed by atoms with Crippen molar-refractivity contribution in [1.82, 2.24) is 0 Å². The molecule has 1 aromatic carbocycles. The number of rotatable bonds is 5. The molecule has 7 heteroatoms. The molecule has 0 aliphatic carbocycles. The van der Waals surface area contributed by atoms with Crippen LogP contribution in [0.3, 0.4) is 0 Å². The highest BCUT2D eigenvalue weighted by atomic mass is 32.2. The maximum atomic E-state index is 11.3. The molecule has 1 aromatic rings. The van der Waals surface area contributed by atoms with E-state index in [1.807, 2.05) is 13.8 Å². The number of nitrogens with two attached hydrogens (primary N) is 2. The zero-order valence-electron chi connectivity index (χ0n) is 10.4. The first-order valence-corrected chi connectivity index (χ1v) is 7.09. The van der Waals surface area contributed by atoms with Gasteiger partial charge in [-0.2, -0.15) is 0 Å². The number of primary sulfonamides is 1. The van der Waals surface area contributed by atoms with Crippen LogP contribution < -0.4 is 16.2 Å². The van der Waals surface area contributed by atoms with Crippen molar-refractivity contribution in [3.05, 3.63) is 18.2 Å². The number of sulfonamides is 1. The minimum absolute atomic E-state index is 0.0505. The Labute approximate surface area is 107 Å². The summed E-state index contributed by atoms with van der Waals surface area (Å²) in [5.41, 5.74) is 6.44. The predicted molar refractivity (Wildman–Crippen MR) is 71.6 cm³/mol. The Bertz CT molecular complexity index is 514. The van der Waals surface area contributed by atoms with Crippen LogP contribution in [0, 0.1) is 5.92 Å². The Morgan fingerprint density at radius 1 is 1.33 bits per heavy atom. The van der Waals surface area contributed by atoms with Crippen LogP contribution in [0.4, 0.5) is 11.4 Å². The lowest BCUT2D eigenvalue weighted by atomic mass is 10.1. The first kappa shape index (κ1) is 14.7. The van der Waals surface area contributed by atoms with Crippen molar-refractivity contribution in [2.24, 2.45) is 11.1 Å². The SMILES string of the molecule is CC(C)[C@@H](CO)Nc1cc(N)cc(S(N)(=O)=O)c1. The second-order valence-electron chi connectivity index (χ2n) is 4.51. The number of aliphatic hydroxyl groups excluding tert-OH is 1. The summed E-state index contributed by atoms with van der Waals surface area (Å²) in [6.45, 7) is 3.83. The topological polar surface area (TPSA) is 118 Å². The molecular weight excluding hydrogens is 254 g/mol. The Balaban J connectivity index is 3.07. The second-order valence-corrected chi connectivity index (χ2v) is 6.07. The van der Waals surface area contributed by atoms with Gasteiger partial charge in [0.1, 0.15) is 0 Å². The molecule has 0 aliphatic heterocycles. The summed E-state index contributed by atoms with van der Waals surface area (Å²) in [6.07, 6.45) is 0. The van der Waals surface area contributed by atoms with E-state index in [2.05, 4.69) is 5.32 Å². The van der Waals surface area contributed by atoms with Crippen LogP contribution in [-0.2, 0) is 10.0 Å². The predicted octanol–water partition coefficient (Wildman–Crippen LogP) is 0.345. The van der Waals surface area contributed by atoms with Crippen molar-refractivity contribution in [2.75, 3.05) is 17.7 Å². The van der Waals surface area contributed by atoms with E-state index in [9.17, 15) is 13.5 Å². The van der Waals surface area contributed by atoms with Crippen molar-refractivity contribution in [2.45, 2.75) is 24.8 Å². The lowest BCUT2D eigenvalue weighted by molar-refractivity contribution is 0.249. The molecule has 18 heavy (non-hydrogen) atoms. The van der Waals surface area contributed by atoms with Gasteiger partial charge in [-0.05, 0) is 24.1 Å². The van der Waals surface area contributed by atoms with E-state index < -0.39 is 10.0 Å². The number of hydrogen-bond acceptors (Lipinski definition) is 5. The third-order valence-corrected chi connectivity index (χ3v) is 3.50. The summed E-state index contributed by atoms with van der Waals surface area (Å²) in [5, 5.41) is 17.3. The van der Waals surface area contributed by atoms with Gasteiger partial charge in [-0.25, -0.2) is 13.6 Å². The van der Waals surface area contributed by atoms with Gasteiger partial charge in [-0.3, -0.25) is 0 Å². The van der Waals surface area contributed by atoms with Gasteiger partial charge in [0.2, 0.25) is 10.0 Å². The minimum atomic E-state index is -3.79. The molecule has 0 saturated carbocycles. The van der Waals surface area contributed by atoms with Crippen molar-refractivity contribution in [3.8, 4) is 0 Å². The van der Waals surface area contributed by atoms with Crippen LogP contribution in [0.15, 0.2) is 23.1 Å². The average molecular weight is 273 g/mol. The van der Waals surface area contributed by atoms with E-state index in [4.69, 9.17) is 10.9 Å². The summed E-state index contributed by atoms with van der Waals surface area (Å²) in [6, 6.07) is 4.11. The number of benzene rings is 1. The fourth-order valence-corrected chi connectivity index (χ4v) is 2.10. The standard InChI is InChI=1S/C11H19N3O3S/c1-7(2)11(6-15)14-9-3-8(12)4-10(5-9)18(13,16)17/h3-5,7,11,14-15H,6,12H2,1-2H3,(H2,13,16,17)/t11-/m1/s1. The molecule has 0 amide bonds. The van der Waals surface area contributed by atoms with Crippen LogP contribution in [0.2, 0.25) is 0 Å². The first-order valence-electron chi connectivity index (χ1n) is 5.55. The average Bonchev–Trinajstić information content (AvgIpc) is 2.23. The van der Waals surface area contributed by atoms with Crippen molar-refractivity contribution >= 4 is 21.4 Å². The molecule has 0 spiro atoms. The molecule has 1 atom stereocenters. The zero-order chi connectivity index (χ0) is 13.9. The molecule has 0 aromatic heterocycles. The lowest BCUT2D eigenvalue weighted by Gasteiger charge is -2.21. The molecule has 0 heterocycles. The Hall–Kier alpha value is -1.31. The monoisotopic (exact) mass is 273 g/mol. The molecular formula is C11H19N3O3S. The van der Waals surface area contributed by atoms with Gasteiger partial charge in [0.15, 0.2) is 0 Å². The van der Waals surface area contributed by atoms with Crippen molar-refractivity contribution in [1.29, 1.82) is 0 Å². The van der Waals surface area contributed by atoms with Crippen molar-refractivity contribution in [3.63, 3.8) is 0 Å². The molecule has 0 unspecified atom stereocenters. The van der Waals surface area contributed by atoms with Crippen LogP contribution >= 0.6 is 0 Å². The molecule has 0 bridgehead atoms. The van der Waals surface area contributed by atoms with Gasteiger partial charge >= 0.3 is 0 Å². The molecule has 6 nitrogen and oxygen atoms in total. The highest BCUT2D eigenvalue weighted by Crippen LogP contribution is 2.21. The summed E-state index contributed by atoms with van der Waals surface area (Å²) < 4.78 is 22.5. The highest BCUT2D eigenvalue weighted by Gasteiger charge is 2.14. The second kappa shape index (κ2) is 5.55. The van der Waals surface area contributed by atoms with Crippen LogP contribution in [-0.4, -0.2) is 26.2 Å². The van der Waals surface area contributed by atoms with E-state index in [0.29, 0.717) is 11.4 Å². The number of nitrogens with one attached hydrogen (secondary N) is 1. The fourth-order valence-electron chi connectivity index (χ4n) is 1.51. The van der Waals surface area contributed by atoms with E-state index in [-0.39, 0.29) is 23.5 Å². The third-order valence-electron chi connectivity index (χ3n) is 2.61. The smallest absolute Gasteiger partial charge is 0.238 e. The number of aliphatic hydroxyl groups is 1. The minimum Gasteiger partial charge on any atom is -0.399 e. The number of hydrogen-bond donors (Lipinski definition) is 4. The summed E-state index contributed by atoms with van der Waals surface area (Å²) in [7, 11) is -3.79. The van der Waals surface area contributed by atoms with Gasteiger partial charge in [0.25, 0.3) is 0 Å². The first-order chi connectivity index (χ1) is 8.24. The van der Waals surface area contributed by atoms with Gasteiger partial charge in [-0.15, -0.1) is 0 Å². The molecule has 0 radical (unpaired) electrons. The van der Waals surface area contributed by atoms with Crippen LogP contribution in [0.1, 0.15) is 13.8 Å².